The molecule has 2 atom stereocenters. The van der Waals surface area contributed by atoms with Crippen molar-refractivity contribution in [2.24, 2.45) is 11.7 Å². The lowest BCUT2D eigenvalue weighted by molar-refractivity contribution is -0.174. The average molecular weight is 397 g/mol. The van der Waals surface area contributed by atoms with Crippen LogP contribution in [0.4, 0.5) is 0 Å². The Kier molecular flexibility index (Phi) is 6.05. The number of esters is 1. The Balaban J connectivity index is 1.82. The summed E-state index contributed by atoms with van der Waals surface area (Å²) in [7, 11) is 0. The molecular weight excluding hydrogens is 370 g/mol. The molecule has 0 spiro atoms. The van der Waals surface area contributed by atoms with Crippen molar-refractivity contribution in [3.8, 4) is 11.1 Å². The van der Waals surface area contributed by atoms with Gasteiger partial charge in [-0.05, 0) is 34.6 Å². The molecule has 29 heavy (non-hydrogen) atoms. The van der Waals surface area contributed by atoms with Crippen LogP contribution < -0.4 is 5.73 Å². The van der Waals surface area contributed by atoms with Gasteiger partial charge in [0, 0.05) is 12.0 Å². The number of aliphatic hydroxyl groups is 1. The first-order valence-corrected chi connectivity index (χ1v) is 9.79. The highest BCUT2D eigenvalue weighted by atomic mass is 16.6. The first-order valence-electron chi connectivity index (χ1n) is 9.79. The molecule has 0 aromatic heterocycles. The quantitative estimate of drug-likeness (QED) is 0.591. The number of carboxylic acids is 1. The van der Waals surface area contributed by atoms with Gasteiger partial charge >= 0.3 is 11.9 Å². The van der Waals surface area contributed by atoms with E-state index in [2.05, 4.69) is 0 Å². The van der Waals surface area contributed by atoms with E-state index in [1.165, 1.54) is 0 Å². The van der Waals surface area contributed by atoms with Gasteiger partial charge in [0.15, 0.2) is 5.60 Å². The molecule has 3 rings (SSSR count). The fourth-order valence-electron chi connectivity index (χ4n) is 4.01. The normalized spacial score (nSPS) is 16.0. The first-order chi connectivity index (χ1) is 13.7. The second-order valence-corrected chi connectivity index (χ2v) is 8.06. The van der Waals surface area contributed by atoms with Gasteiger partial charge in [0.1, 0.15) is 6.61 Å². The van der Waals surface area contributed by atoms with Crippen molar-refractivity contribution < 1.29 is 24.5 Å². The largest absolute Gasteiger partial charge is 0.481 e. The number of aliphatic carboxylic acids is 1. The molecule has 2 aromatic carbocycles. The van der Waals surface area contributed by atoms with Crippen molar-refractivity contribution in [1.82, 2.24) is 0 Å². The van der Waals surface area contributed by atoms with Gasteiger partial charge in [-0.15, -0.1) is 0 Å². The highest BCUT2D eigenvalue weighted by Crippen LogP contribution is 2.44. The monoisotopic (exact) mass is 397 g/mol. The van der Waals surface area contributed by atoms with E-state index in [1.54, 1.807) is 0 Å². The summed E-state index contributed by atoms with van der Waals surface area (Å²) in [4.78, 5) is 24.1. The van der Waals surface area contributed by atoms with E-state index in [9.17, 15) is 19.8 Å². The smallest absolute Gasteiger partial charge is 0.340 e. The molecular formula is C23H27NO5. The second kappa shape index (κ2) is 8.35. The van der Waals surface area contributed by atoms with Crippen molar-refractivity contribution in [3.63, 3.8) is 0 Å². The lowest BCUT2D eigenvalue weighted by atomic mass is 9.85. The zero-order valence-electron chi connectivity index (χ0n) is 16.7. The van der Waals surface area contributed by atoms with Gasteiger partial charge in [0.25, 0.3) is 0 Å². The Hall–Kier alpha value is -2.70. The number of fused-ring (bicyclic) bond motifs is 3. The first kappa shape index (κ1) is 21.0. The maximum Gasteiger partial charge on any atom is 0.340 e. The minimum absolute atomic E-state index is 0.00316. The Bertz CT molecular complexity index is 864. The SMILES string of the molecule is CC(C)C[C@H](N)[C@@](O)(CC(=O)O)C(=O)OCC1c2ccccc2-c2ccccc21. The van der Waals surface area contributed by atoms with Crippen LogP contribution in [0.25, 0.3) is 11.1 Å². The molecule has 0 heterocycles. The molecule has 0 saturated carbocycles. The number of carboxylic acid groups (broad SMARTS) is 1. The number of nitrogens with two attached hydrogens (primary N) is 1. The summed E-state index contributed by atoms with van der Waals surface area (Å²) in [6, 6.07) is 14.8. The maximum absolute atomic E-state index is 12.8. The number of benzene rings is 2. The summed E-state index contributed by atoms with van der Waals surface area (Å²) < 4.78 is 5.48. The molecule has 154 valence electrons. The van der Waals surface area contributed by atoms with Crippen LogP contribution >= 0.6 is 0 Å². The molecule has 0 aliphatic heterocycles. The Morgan fingerprint density at radius 3 is 2.07 bits per heavy atom. The number of carbonyl (C=O) groups excluding carboxylic acids is 1. The summed E-state index contributed by atoms with van der Waals surface area (Å²) in [5.74, 6) is -2.39. The lowest BCUT2D eigenvalue weighted by Gasteiger charge is -2.31. The van der Waals surface area contributed by atoms with E-state index in [0.29, 0.717) is 6.42 Å². The number of hydrogen-bond acceptors (Lipinski definition) is 5. The van der Waals surface area contributed by atoms with E-state index in [-0.39, 0.29) is 18.4 Å². The molecule has 0 fully saturated rings. The van der Waals surface area contributed by atoms with Gasteiger partial charge in [-0.2, -0.15) is 0 Å². The van der Waals surface area contributed by atoms with Crippen molar-refractivity contribution in [2.75, 3.05) is 6.61 Å². The maximum atomic E-state index is 12.8. The van der Waals surface area contributed by atoms with Crippen LogP contribution in [-0.2, 0) is 14.3 Å². The molecule has 4 N–H and O–H groups in total. The van der Waals surface area contributed by atoms with E-state index >= 15 is 0 Å². The topological polar surface area (TPSA) is 110 Å². The molecule has 1 aliphatic carbocycles. The van der Waals surface area contributed by atoms with Crippen LogP contribution in [0, 0.1) is 5.92 Å². The lowest BCUT2D eigenvalue weighted by Crippen LogP contribution is -2.56. The van der Waals surface area contributed by atoms with Gasteiger partial charge in [-0.1, -0.05) is 62.4 Å². The molecule has 0 unspecified atom stereocenters. The van der Waals surface area contributed by atoms with Crippen LogP contribution in [0.1, 0.15) is 43.7 Å². The summed E-state index contributed by atoms with van der Waals surface area (Å²) in [6.45, 7) is 3.78. The minimum atomic E-state index is -2.27. The highest BCUT2D eigenvalue weighted by Gasteiger charge is 2.46. The predicted molar refractivity (Wildman–Crippen MR) is 109 cm³/mol. The predicted octanol–water partition coefficient (Wildman–Crippen LogP) is 2.92. The van der Waals surface area contributed by atoms with Crippen molar-refractivity contribution in [1.29, 1.82) is 0 Å². The summed E-state index contributed by atoms with van der Waals surface area (Å²) in [5, 5.41) is 20.0. The molecule has 2 aromatic rings. The van der Waals surface area contributed by atoms with E-state index in [4.69, 9.17) is 10.5 Å². The van der Waals surface area contributed by atoms with Gasteiger partial charge in [-0.25, -0.2) is 4.79 Å². The Morgan fingerprint density at radius 1 is 1.07 bits per heavy atom. The third-order valence-electron chi connectivity index (χ3n) is 5.46. The molecule has 6 heteroatoms. The fraction of sp³-hybridized carbons (Fsp3) is 0.391. The van der Waals surface area contributed by atoms with Crippen LogP contribution in [0.3, 0.4) is 0 Å². The molecule has 0 radical (unpaired) electrons. The van der Waals surface area contributed by atoms with Gasteiger partial charge < -0.3 is 20.7 Å². The van der Waals surface area contributed by atoms with Crippen molar-refractivity contribution in [2.45, 2.75) is 44.2 Å². The summed E-state index contributed by atoms with van der Waals surface area (Å²) in [6.07, 6.45) is -0.495. The fourth-order valence-corrected chi connectivity index (χ4v) is 4.01. The van der Waals surface area contributed by atoms with Crippen molar-refractivity contribution in [3.05, 3.63) is 59.7 Å². The zero-order chi connectivity index (χ0) is 21.2. The van der Waals surface area contributed by atoms with Crippen molar-refractivity contribution >= 4 is 11.9 Å². The number of ether oxygens (including phenoxy) is 1. The average Bonchev–Trinajstić information content (AvgIpc) is 2.99. The minimum Gasteiger partial charge on any atom is -0.481 e. The molecule has 6 nitrogen and oxygen atoms in total. The Labute approximate surface area is 170 Å². The second-order valence-electron chi connectivity index (χ2n) is 8.06. The van der Waals surface area contributed by atoms with Gasteiger partial charge in [-0.3, -0.25) is 4.79 Å². The molecule has 0 amide bonds. The highest BCUT2D eigenvalue weighted by molar-refractivity contribution is 5.86. The van der Waals surface area contributed by atoms with Crippen LogP contribution in [0.2, 0.25) is 0 Å². The number of hydrogen-bond donors (Lipinski definition) is 3. The van der Waals surface area contributed by atoms with Gasteiger partial charge in [0.2, 0.25) is 0 Å². The summed E-state index contributed by atoms with van der Waals surface area (Å²) >= 11 is 0. The van der Waals surface area contributed by atoms with E-state index in [0.717, 1.165) is 22.3 Å². The summed E-state index contributed by atoms with van der Waals surface area (Å²) in [5.41, 5.74) is 8.00. The molecule has 0 bridgehead atoms. The van der Waals surface area contributed by atoms with Crippen LogP contribution in [-0.4, -0.2) is 40.4 Å². The molecule has 1 aliphatic rings. The number of rotatable bonds is 8. The van der Waals surface area contributed by atoms with E-state index in [1.807, 2.05) is 62.4 Å². The third kappa shape index (κ3) is 4.18. The van der Waals surface area contributed by atoms with Crippen LogP contribution in [0.15, 0.2) is 48.5 Å². The van der Waals surface area contributed by atoms with Crippen LogP contribution in [0.5, 0.6) is 0 Å². The number of carbonyl (C=O) groups is 2. The van der Waals surface area contributed by atoms with Gasteiger partial charge in [0.05, 0.1) is 6.42 Å². The molecule has 0 saturated heterocycles. The third-order valence-corrected chi connectivity index (χ3v) is 5.46. The Morgan fingerprint density at radius 2 is 1.59 bits per heavy atom. The zero-order valence-corrected chi connectivity index (χ0v) is 16.7. The van der Waals surface area contributed by atoms with E-state index < -0.39 is 30.0 Å². The standard InChI is InChI=1S/C23H27NO5/c1-14(2)11-20(24)23(28,12-21(25)26)22(27)29-13-19-17-9-5-3-7-15(17)16-8-4-6-10-18(16)19/h3-10,14,19-20,28H,11-13,24H2,1-2H3,(H,25,26)/t20-,23-/m0/s1.